The molecule has 4 nitrogen and oxygen atoms in total. The molecule has 1 fully saturated rings. The van der Waals surface area contributed by atoms with Gasteiger partial charge in [-0.3, -0.25) is 0 Å². The van der Waals surface area contributed by atoms with Gasteiger partial charge in [-0.15, -0.1) is 0 Å². The fourth-order valence-corrected chi connectivity index (χ4v) is 4.09. The summed E-state index contributed by atoms with van der Waals surface area (Å²) in [6, 6.07) is 5.19. The first-order valence-corrected chi connectivity index (χ1v) is 10.1. The van der Waals surface area contributed by atoms with Gasteiger partial charge in [-0.2, -0.15) is 0 Å². The molecule has 0 heterocycles. The number of anilines is 1. The van der Waals surface area contributed by atoms with Crippen molar-refractivity contribution in [3.63, 3.8) is 0 Å². The molecule has 1 saturated carbocycles. The van der Waals surface area contributed by atoms with E-state index < -0.39 is 0 Å². The number of esters is 1. The van der Waals surface area contributed by atoms with Crippen LogP contribution in [0.5, 0.6) is 0 Å². The van der Waals surface area contributed by atoms with Crippen molar-refractivity contribution in [1.29, 1.82) is 0 Å². The van der Waals surface area contributed by atoms with E-state index in [4.69, 9.17) is 4.74 Å². The van der Waals surface area contributed by atoms with Crippen LogP contribution in [0.1, 0.15) is 67.4 Å². The van der Waals surface area contributed by atoms with Gasteiger partial charge in [0.15, 0.2) is 0 Å². The van der Waals surface area contributed by atoms with Gasteiger partial charge in [0.2, 0.25) is 0 Å². The normalized spacial score (nSPS) is 19.4. The van der Waals surface area contributed by atoms with Crippen LogP contribution < -0.4 is 4.90 Å². The summed E-state index contributed by atoms with van der Waals surface area (Å²) in [6.07, 6.45) is 5.57. The third-order valence-corrected chi connectivity index (χ3v) is 5.68. The fraction of sp³-hybridized carbons (Fsp3) is 0.609. The zero-order valence-electron chi connectivity index (χ0n) is 17.8. The molecule has 2 rings (SSSR count). The summed E-state index contributed by atoms with van der Waals surface area (Å²) in [5, 5.41) is 0. The largest absolute Gasteiger partial charge is 0.465 e. The minimum atomic E-state index is -0.290. The summed E-state index contributed by atoms with van der Waals surface area (Å²) in [7, 11) is 5.78. The lowest BCUT2D eigenvalue weighted by Gasteiger charge is -2.40. The number of benzene rings is 1. The molecule has 0 aromatic heterocycles. The van der Waals surface area contributed by atoms with E-state index in [0.717, 1.165) is 29.8 Å². The van der Waals surface area contributed by atoms with Crippen LogP contribution in [0.4, 0.5) is 5.69 Å². The molecule has 1 aliphatic rings. The summed E-state index contributed by atoms with van der Waals surface area (Å²) >= 11 is 0. The van der Waals surface area contributed by atoms with Gasteiger partial charge in [0.25, 0.3) is 0 Å². The Morgan fingerprint density at radius 2 is 1.78 bits per heavy atom. The molecule has 0 unspecified atom stereocenters. The van der Waals surface area contributed by atoms with Gasteiger partial charge in [0.05, 0.1) is 12.7 Å². The molecule has 0 spiro atoms. The summed E-state index contributed by atoms with van der Waals surface area (Å²) in [5.74, 6) is 6.03. The van der Waals surface area contributed by atoms with Crippen LogP contribution in [0.15, 0.2) is 12.1 Å². The highest BCUT2D eigenvalue weighted by molar-refractivity contribution is 5.93. The number of hydrogen-bond acceptors (Lipinski definition) is 4. The number of ether oxygens (including phenoxy) is 1. The van der Waals surface area contributed by atoms with Crippen molar-refractivity contribution in [2.45, 2.75) is 65.0 Å². The average molecular weight is 371 g/mol. The predicted octanol–water partition coefficient (Wildman–Crippen LogP) is 4.24. The van der Waals surface area contributed by atoms with Crippen molar-refractivity contribution in [2.75, 3.05) is 32.6 Å². The summed E-state index contributed by atoms with van der Waals surface area (Å²) < 4.78 is 5.02. The molecule has 0 N–H and O–H groups in total. The molecule has 148 valence electrons. The van der Waals surface area contributed by atoms with Crippen molar-refractivity contribution >= 4 is 11.7 Å². The maximum absolute atomic E-state index is 12.3. The molecule has 1 aliphatic carbocycles. The van der Waals surface area contributed by atoms with Gasteiger partial charge < -0.3 is 14.5 Å². The Kier molecular flexibility index (Phi) is 7.74. The van der Waals surface area contributed by atoms with E-state index in [-0.39, 0.29) is 5.97 Å². The van der Waals surface area contributed by atoms with Crippen LogP contribution in [0.3, 0.4) is 0 Å². The quantitative estimate of drug-likeness (QED) is 0.573. The van der Waals surface area contributed by atoms with Crippen molar-refractivity contribution in [1.82, 2.24) is 4.90 Å². The van der Waals surface area contributed by atoms with Crippen molar-refractivity contribution < 1.29 is 9.53 Å². The highest BCUT2D eigenvalue weighted by atomic mass is 16.5. The predicted molar refractivity (Wildman–Crippen MR) is 112 cm³/mol. The molecule has 1 aromatic rings. The van der Waals surface area contributed by atoms with Crippen molar-refractivity contribution in [3.8, 4) is 11.8 Å². The van der Waals surface area contributed by atoms with Gasteiger partial charge in [-0.1, -0.05) is 18.8 Å². The minimum absolute atomic E-state index is 0.290. The summed E-state index contributed by atoms with van der Waals surface area (Å²) in [4.78, 5) is 17.1. The molecule has 0 atom stereocenters. The zero-order chi connectivity index (χ0) is 20.0. The van der Waals surface area contributed by atoms with Gasteiger partial charge in [0.1, 0.15) is 0 Å². The van der Waals surface area contributed by atoms with E-state index in [0.29, 0.717) is 17.6 Å². The number of rotatable bonds is 5. The summed E-state index contributed by atoms with van der Waals surface area (Å²) in [5.41, 5.74) is 3.61. The van der Waals surface area contributed by atoms with Crippen LogP contribution >= 0.6 is 0 Å². The Balaban J connectivity index is 2.39. The van der Waals surface area contributed by atoms with Gasteiger partial charge in [0, 0.05) is 36.3 Å². The lowest BCUT2D eigenvalue weighted by Crippen LogP contribution is -2.42. The third-order valence-electron chi connectivity index (χ3n) is 5.68. The van der Waals surface area contributed by atoms with Crippen LogP contribution in [0.2, 0.25) is 0 Å². The van der Waals surface area contributed by atoms with E-state index in [9.17, 15) is 4.79 Å². The van der Waals surface area contributed by atoms with Gasteiger partial charge in [-0.05, 0) is 71.3 Å². The van der Waals surface area contributed by atoms with E-state index in [2.05, 4.69) is 48.7 Å². The number of methoxy groups -OCH3 is 1. The first kappa shape index (κ1) is 21.3. The Morgan fingerprint density at radius 1 is 1.15 bits per heavy atom. The molecule has 0 bridgehead atoms. The molecule has 0 radical (unpaired) electrons. The van der Waals surface area contributed by atoms with Crippen LogP contribution in [-0.4, -0.2) is 50.7 Å². The molecule has 0 saturated heterocycles. The second kappa shape index (κ2) is 9.80. The number of carbonyl (C=O) groups excluding carboxylic acids is 1. The van der Waals surface area contributed by atoms with E-state index in [1.807, 2.05) is 19.9 Å². The Morgan fingerprint density at radius 3 is 2.30 bits per heavy atom. The third kappa shape index (κ3) is 5.05. The van der Waals surface area contributed by atoms with Gasteiger partial charge in [-0.25, -0.2) is 4.79 Å². The van der Waals surface area contributed by atoms with E-state index in [1.165, 1.54) is 32.8 Å². The van der Waals surface area contributed by atoms with Crippen LogP contribution in [0.25, 0.3) is 0 Å². The van der Waals surface area contributed by atoms with Crippen molar-refractivity contribution in [3.05, 3.63) is 28.8 Å². The smallest absolute Gasteiger partial charge is 0.338 e. The molecule has 4 heteroatoms. The molecular formula is C23H34N2O2. The highest BCUT2D eigenvalue weighted by Crippen LogP contribution is 2.33. The molecule has 0 amide bonds. The SMILES string of the molecule is CCC#Cc1cc(C(=O)OC)c(C)c(N(CC)C2CCC(N(C)C)CC2)c1. The lowest BCUT2D eigenvalue weighted by atomic mass is 9.88. The van der Waals surface area contributed by atoms with Gasteiger partial charge >= 0.3 is 5.97 Å². The lowest BCUT2D eigenvalue weighted by molar-refractivity contribution is 0.0600. The molecule has 27 heavy (non-hydrogen) atoms. The first-order valence-electron chi connectivity index (χ1n) is 10.1. The Hall–Kier alpha value is -1.99. The molecular weight excluding hydrogens is 336 g/mol. The Bertz CT molecular complexity index is 707. The Labute approximate surface area is 164 Å². The first-order chi connectivity index (χ1) is 12.9. The topological polar surface area (TPSA) is 32.8 Å². The average Bonchev–Trinajstić information content (AvgIpc) is 2.68. The maximum atomic E-state index is 12.3. The van der Waals surface area contributed by atoms with E-state index in [1.54, 1.807) is 0 Å². The second-order valence-corrected chi connectivity index (χ2v) is 7.53. The maximum Gasteiger partial charge on any atom is 0.338 e. The monoisotopic (exact) mass is 370 g/mol. The van der Waals surface area contributed by atoms with Crippen LogP contribution in [0, 0.1) is 18.8 Å². The highest BCUT2D eigenvalue weighted by Gasteiger charge is 2.28. The number of hydrogen-bond donors (Lipinski definition) is 0. The summed E-state index contributed by atoms with van der Waals surface area (Å²) in [6.45, 7) is 7.17. The molecule has 0 aliphatic heterocycles. The van der Waals surface area contributed by atoms with E-state index >= 15 is 0 Å². The zero-order valence-corrected chi connectivity index (χ0v) is 17.8. The second-order valence-electron chi connectivity index (χ2n) is 7.53. The minimum Gasteiger partial charge on any atom is -0.465 e. The number of carbonyl (C=O) groups is 1. The standard InChI is InChI=1S/C23H34N2O2/c1-7-9-10-18-15-21(23(26)27-6)17(3)22(16-18)25(8-2)20-13-11-19(12-14-20)24(4)5/h15-16,19-20H,7-8,11-14H2,1-6H3. The van der Waals surface area contributed by atoms with Crippen molar-refractivity contribution in [2.24, 2.45) is 0 Å². The van der Waals surface area contributed by atoms with Crippen LogP contribution in [-0.2, 0) is 4.74 Å². The number of nitrogens with zero attached hydrogens (tertiary/aromatic N) is 2. The fourth-order valence-electron chi connectivity index (χ4n) is 4.09. The molecule has 1 aromatic carbocycles.